The first-order valence-electron chi connectivity index (χ1n) is 6.21. The molecule has 0 bridgehead atoms. The van der Waals surface area contributed by atoms with Gasteiger partial charge in [0.2, 0.25) is 0 Å². The minimum absolute atomic E-state index is 0.387. The van der Waals surface area contributed by atoms with Crippen LogP contribution in [0.3, 0.4) is 0 Å². The monoisotopic (exact) mass is 221 g/mol. The van der Waals surface area contributed by atoms with Crippen LogP contribution in [0.4, 0.5) is 0 Å². The SMILES string of the molecule is CNC(c1nccn1C)C1CCCC1(C)C. The third kappa shape index (κ3) is 1.88. The first-order chi connectivity index (χ1) is 7.56. The van der Waals surface area contributed by atoms with Crippen molar-refractivity contribution in [1.29, 1.82) is 0 Å². The quantitative estimate of drug-likeness (QED) is 0.850. The topological polar surface area (TPSA) is 29.9 Å². The van der Waals surface area contributed by atoms with Crippen LogP contribution in [-0.4, -0.2) is 16.6 Å². The average Bonchev–Trinajstić information content (AvgIpc) is 2.77. The molecule has 0 saturated heterocycles. The summed E-state index contributed by atoms with van der Waals surface area (Å²) in [4.78, 5) is 4.50. The van der Waals surface area contributed by atoms with E-state index in [1.165, 1.54) is 25.1 Å². The summed E-state index contributed by atoms with van der Waals surface area (Å²) in [6.07, 6.45) is 7.91. The Labute approximate surface area is 98.3 Å². The molecule has 1 aromatic rings. The van der Waals surface area contributed by atoms with Gasteiger partial charge in [-0.3, -0.25) is 0 Å². The van der Waals surface area contributed by atoms with Crippen molar-refractivity contribution in [2.45, 2.75) is 39.2 Å². The molecule has 0 radical (unpaired) electrons. The van der Waals surface area contributed by atoms with Crippen LogP contribution in [0.15, 0.2) is 12.4 Å². The van der Waals surface area contributed by atoms with Crippen LogP contribution in [-0.2, 0) is 7.05 Å². The highest BCUT2D eigenvalue weighted by Crippen LogP contribution is 2.48. The van der Waals surface area contributed by atoms with Crippen molar-refractivity contribution in [3.8, 4) is 0 Å². The molecule has 0 amide bonds. The zero-order valence-electron chi connectivity index (χ0n) is 10.8. The van der Waals surface area contributed by atoms with Crippen LogP contribution >= 0.6 is 0 Å². The van der Waals surface area contributed by atoms with Crippen LogP contribution in [0, 0.1) is 11.3 Å². The minimum Gasteiger partial charge on any atom is -0.337 e. The Bertz CT molecular complexity index is 354. The molecule has 2 unspecified atom stereocenters. The van der Waals surface area contributed by atoms with Gasteiger partial charge in [0.05, 0.1) is 6.04 Å². The number of nitrogens with zero attached hydrogens (tertiary/aromatic N) is 2. The Balaban J connectivity index is 2.27. The van der Waals surface area contributed by atoms with Gasteiger partial charge >= 0.3 is 0 Å². The van der Waals surface area contributed by atoms with E-state index in [4.69, 9.17) is 0 Å². The molecule has 0 aromatic carbocycles. The van der Waals surface area contributed by atoms with Gasteiger partial charge in [0.1, 0.15) is 5.82 Å². The Hall–Kier alpha value is -0.830. The molecule has 2 atom stereocenters. The molecule has 3 nitrogen and oxygen atoms in total. The molecule has 1 aromatic heterocycles. The summed E-state index contributed by atoms with van der Waals surface area (Å²) >= 11 is 0. The van der Waals surface area contributed by atoms with Gasteiger partial charge in [0, 0.05) is 19.4 Å². The zero-order chi connectivity index (χ0) is 11.8. The predicted octanol–water partition coefficient (Wildman–Crippen LogP) is 2.51. The zero-order valence-corrected chi connectivity index (χ0v) is 10.8. The number of aryl methyl sites for hydroxylation is 1. The molecule has 16 heavy (non-hydrogen) atoms. The van der Waals surface area contributed by atoms with Crippen molar-refractivity contribution in [3.05, 3.63) is 18.2 Å². The van der Waals surface area contributed by atoms with Crippen molar-refractivity contribution in [3.63, 3.8) is 0 Å². The lowest BCUT2D eigenvalue weighted by Crippen LogP contribution is -2.33. The molecule has 1 saturated carbocycles. The maximum absolute atomic E-state index is 4.50. The lowest BCUT2D eigenvalue weighted by Gasteiger charge is -2.33. The number of nitrogens with one attached hydrogen (secondary N) is 1. The second-order valence-electron chi connectivity index (χ2n) is 5.65. The van der Waals surface area contributed by atoms with E-state index < -0.39 is 0 Å². The van der Waals surface area contributed by atoms with Gasteiger partial charge < -0.3 is 9.88 Å². The van der Waals surface area contributed by atoms with Gasteiger partial charge in [-0.15, -0.1) is 0 Å². The van der Waals surface area contributed by atoms with Gasteiger partial charge in [0.25, 0.3) is 0 Å². The molecule has 90 valence electrons. The minimum atomic E-state index is 0.387. The van der Waals surface area contributed by atoms with Crippen LogP contribution in [0.25, 0.3) is 0 Å². The molecule has 0 spiro atoms. The van der Waals surface area contributed by atoms with Gasteiger partial charge in [-0.2, -0.15) is 0 Å². The third-order valence-electron chi connectivity index (χ3n) is 4.19. The van der Waals surface area contributed by atoms with Gasteiger partial charge in [-0.05, 0) is 31.2 Å². The molecular formula is C13H23N3. The highest BCUT2D eigenvalue weighted by atomic mass is 15.1. The van der Waals surface area contributed by atoms with E-state index in [1.54, 1.807) is 0 Å². The Kier molecular flexibility index (Phi) is 3.06. The highest BCUT2D eigenvalue weighted by molar-refractivity contribution is 5.05. The maximum atomic E-state index is 4.50. The summed E-state index contributed by atoms with van der Waals surface area (Å²) in [5.74, 6) is 1.86. The second-order valence-corrected chi connectivity index (χ2v) is 5.65. The molecular weight excluding hydrogens is 198 g/mol. The number of imidazole rings is 1. The fraction of sp³-hybridized carbons (Fsp3) is 0.769. The Morgan fingerprint density at radius 1 is 1.56 bits per heavy atom. The van der Waals surface area contributed by atoms with E-state index >= 15 is 0 Å². The summed E-state index contributed by atoms with van der Waals surface area (Å²) < 4.78 is 2.13. The van der Waals surface area contributed by atoms with E-state index in [0.29, 0.717) is 17.4 Å². The molecule has 3 heteroatoms. The number of aromatic nitrogens is 2. The fourth-order valence-electron chi connectivity index (χ4n) is 3.16. The van der Waals surface area contributed by atoms with E-state index in [2.05, 4.69) is 35.8 Å². The molecule has 1 fully saturated rings. The summed E-state index contributed by atoms with van der Waals surface area (Å²) in [6.45, 7) is 4.77. The first kappa shape index (κ1) is 11.6. The molecule has 0 aliphatic heterocycles. The molecule has 1 N–H and O–H groups in total. The number of hydrogen-bond donors (Lipinski definition) is 1. The highest BCUT2D eigenvalue weighted by Gasteiger charge is 2.40. The smallest absolute Gasteiger partial charge is 0.125 e. The van der Waals surface area contributed by atoms with E-state index in [0.717, 1.165) is 0 Å². The van der Waals surface area contributed by atoms with E-state index in [-0.39, 0.29) is 0 Å². The average molecular weight is 221 g/mol. The molecule has 1 aliphatic rings. The number of rotatable bonds is 3. The van der Waals surface area contributed by atoms with Crippen LogP contribution < -0.4 is 5.32 Å². The van der Waals surface area contributed by atoms with Crippen molar-refractivity contribution < 1.29 is 0 Å². The Morgan fingerprint density at radius 2 is 2.31 bits per heavy atom. The van der Waals surface area contributed by atoms with Crippen molar-refractivity contribution >= 4 is 0 Å². The van der Waals surface area contributed by atoms with Crippen LogP contribution in [0.1, 0.15) is 45.0 Å². The lowest BCUT2D eigenvalue weighted by molar-refractivity contribution is 0.196. The Morgan fingerprint density at radius 3 is 2.75 bits per heavy atom. The number of hydrogen-bond acceptors (Lipinski definition) is 2. The lowest BCUT2D eigenvalue weighted by atomic mass is 9.77. The van der Waals surface area contributed by atoms with E-state index in [1.807, 2.05) is 19.4 Å². The van der Waals surface area contributed by atoms with Crippen LogP contribution in [0.5, 0.6) is 0 Å². The normalized spacial score (nSPS) is 25.9. The first-order valence-corrected chi connectivity index (χ1v) is 6.21. The fourth-order valence-corrected chi connectivity index (χ4v) is 3.16. The van der Waals surface area contributed by atoms with Crippen molar-refractivity contribution in [2.75, 3.05) is 7.05 Å². The van der Waals surface area contributed by atoms with Gasteiger partial charge in [-0.25, -0.2) is 4.98 Å². The summed E-state index contributed by atoms with van der Waals surface area (Å²) in [5.41, 5.74) is 0.430. The molecule has 1 aliphatic carbocycles. The summed E-state index contributed by atoms with van der Waals surface area (Å²) in [5, 5.41) is 3.46. The van der Waals surface area contributed by atoms with Crippen LogP contribution in [0.2, 0.25) is 0 Å². The predicted molar refractivity (Wildman–Crippen MR) is 66.1 cm³/mol. The molecule has 1 heterocycles. The standard InChI is InChI=1S/C13H23N3/c1-13(2)7-5-6-10(13)11(14-3)12-15-8-9-16(12)4/h8-11,14H,5-7H2,1-4H3. The van der Waals surface area contributed by atoms with Gasteiger partial charge in [-0.1, -0.05) is 20.3 Å². The third-order valence-corrected chi connectivity index (χ3v) is 4.19. The molecule has 2 rings (SSSR count). The van der Waals surface area contributed by atoms with Crippen molar-refractivity contribution in [1.82, 2.24) is 14.9 Å². The van der Waals surface area contributed by atoms with E-state index in [9.17, 15) is 0 Å². The summed E-state index contributed by atoms with van der Waals surface area (Å²) in [7, 11) is 4.13. The van der Waals surface area contributed by atoms with Gasteiger partial charge in [0.15, 0.2) is 0 Å². The second kappa shape index (κ2) is 4.21. The largest absolute Gasteiger partial charge is 0.337 e. The summed E-state index contributed by atoms with van der Waals surface area (Å²) in [6, 6.07) is 0.387. The van der Waals surface area contributed by atoms with Crippen molar-refractivity contribution in [2.24, 2.45) is 18.4 Å². The maximum Gasteiger partial charge on any atom is 0.125 e.